The van der Waals surface area contributed by atoms with Gasteiger partial charge in [0, 0.05) is 13.1 Å². The quantitative estimate of drug-likeness (QED) is 0.829. The standard InChI is InChI=1S/C15H21FN2O/c1-3-7-17-14-12(5-4-6-13(14)16)15(19)18-9-11-8-10(11)2/h4-6,10-11,17H,3,7-9H2,1-2H3,(H,18,19). The van der Waals surface area contributed by atoms with E-state index in [2.05, 4.69) is 17.6 Å². The lowest BCUT2D eigenvalue weighted by Gasteiger charge is -2.12. The molecule has 1 aromatic carbocycles. The molecule has 19 heavy (non-hydrogen) atoms. The highest BCUT2D eigenvalue weighted by atomic mass is 19.1. The summed E-state index contributed by atoms with van der Waals surface area (Å²) in [5, 5.41) is 5.88. The number of amides is 1. The Morgan fingerprint density at radius 1 is 1.47 bits per heavy atom. The van der Waals surface area contributed by atoms with Crippen LogP contribution < -0.4 is 10.6 Å². The van der Waals surface area contributed by atoms with E-state index in [0.717, 1.165) is 6.42 Å². The molecule has 1 saturated carbocycles. The van der Waals surface area contributed by atoms with Crippen molar-refractivity contribution < 1.29 is 9.18 Å². The van der Waals surface area contributed by atoms with Gasteiger partial charge in [-0.15, -0.1) is 0 Å². The van der Waals surface area contributed by atoms with Gasteiger partial charge in [0.1, 0.15) is 5.82 Å². The summed E-state index contributed by atoms with van der Waals surface area (Å²) in [5.74, 6) is 0.716. The molecule has 0 heterocycles. The van der Waals surface area contributed by atoms with E-state index in [0.29, 0.717) is 36.2 Å². The number of hydrogen-bond acceptors (Lipinski definition) is 2. The molecule has 2 atom stereocenters. The molecule has 0 bridgehead atoms. The Morgan fingerprint density at radius 3 is 2.84 bits per heavy atom. The Labute approximate surface area is 113 Å². The van der Waals surface area contributed by atoms with Crippen LogP contribution in [0.3, 0.4) is 0 Å². The summed E-state index contributed by atoms with van der Waals surface area (Å²) in [6, 6.07) is 4.60. The molecule has 1 fully saturated rings. The van der Waals surface area contributed by atoms with Gasteiger partial charge in [0.05, 0.1) is 11.3 Å². The van der Waals surface area contributed by atoms with Crippen molar-refractivity contribution in [3.63, 3.8) is 0 Å². The Hall–Kier alpha value is -1.58. The van der Waals surface area contributed by atoms with Crippen molar-refractivity contribution in [1.82, 2.24) is 5.32 Å². The number of carbonyl (C=O) groups is 1. The van der Waals surface area contributed by atoms with Gasteiger partial charge < -0.3 is 10.6 Å². The number of carbonyl (C=O) groups excluding carboxylic acids is 1. The monoisotopic (exact) mass is 264 g/mol. The van der Waals surface area contributed by atoms with E-state index in [1.807, 2.05) is 6.92 Å². The summed E-state index contributed by atoms with van der Waals surface area (Å²) in [5.41, 5.74) is 0.701. The Bertz CT molecular complexity index is 461. The molecule has 1 aliphatic rings. The van der Waals surface area contributed by atoms with Crippen LogP contribution >= 0.6 is 0 Å². The third kappa shape index (κ3) is 3.46. The molecule has 0 aromatic heterocycles. The van der Waals surface area contributed by atoms with Crippen molar-refractivity contribution in [2.75, 3.05) is 18.4 Å². The van der Waals surface area contributed by atoms with E-state index in [4.69, 9.17) is 0 Å². The highest BCUT2D eigenvalue weighted by Gasteiger charge is 2.32. The molecule has 4 heteroatoms. The lowest BCUT2D eigenvalue weighted by Crippen LogP contribution is -2.27. The minimum Gasteiger partial charge on any atom is -0.382 e. The number of hydrogen-bond donors (Lipinski definition) is 2. The summed E-state index contributed by atoms with van der Waals surface area (Å²) in [6.45, 7) is 5.51. The molecule has 0 radical (unpaired) electrons. The first-order chi connectivity index (χ1) is 9.13. The SMILES string of the molecule is CCCNc1c(F)cccc1C(=O)NCC1CC1C. The first-order valence-corrected chi connectivity index (χ1v) is 6.94. The van der Waals surface area contributed by atoms with Crippen LogP contribution in [-0.4, -0.2) is 19.0 Å². The molecule has 2 N–H and O–H groups in total. The maximum atomic E-state index is 13.8. The molecule has 1 aromatic rings. The number of halogens is 1. The van der Waals surface area contributed by atoms with Gasteiger partial charge in [0.25, 0.3) is 5.91 Å². The van der Waals surface area contributed by atoms with Crippen LogP contribution in [-0.2, 0) is 0 Å². The Morgan fingerprint density at radius 2 is 2.21 bits per heavy atom. The van der Waals surface area contributed by atoms with Crippen molar-refractivity contribution in [2.45, 2.75) is 26.7 Å². The summed E-state index contributed by atoms with van der Waals surface area (Å²) in [6.07, 6.45) is 2.05. The molecule has 104 valence electrons. The molecule has 2 unspecified atom stereocenters. The number of benzene rings is 1. The summed E-state index contributed by atoms with van der Waals surface area (Å²) < 4.78 is 13.8. The minimum absolute atomic E-state index is 0.197. The Kier molecular flexibility index (Phi) is 4.40. The molecular formula is C15H21FN2O. The van der Waals surface area contributed by atoms with Crippen molar-refractivity contribution in [1.29, 1.82) is 0 Å². The van der Waals surface area contributed by atoms with Gasteiger partial charge in [-0.25, -0.2) is 4.39 Å². The van der Waals surface area contributed by atoms with Crippen molar-refractivity contribution in [2.24, 2.45) is 11.8 Å². The van der Waals surface area contributed by atoms with Gasteiger partial charge in [0.2, 0.25) is 0 Å². The largest absolute Gasteiger partial charge is 0.382 e. The van der Waals surface area contributed by atoms with E-state index in [1.165, 1.54) is 12.5 Å². The van der Waals surface area contributed by atoms with Gasteiger partial charge in [-0.1, -0.05) is 19.9 Å². The molecule has 1 aliphatic carbocycles. The zero-order valence-corrected chi connectivity index (χ0v) is 11.5. The van der Waals surface area contributed by atoms with Crippen LogP contribution in [0.1, 0.15) is 37.0 Å². The normalized spacial score (nSPS) is 21.0. The second kappa shape index (κ2) is 6.04. The number of rotatable bonds is 6. The second-order valence-electron chi connectivity index (χ2n) is 5.27. The Balaban J connectivity index is 2.04. The van der Waals surface area contributed by atoms with E-state index >= 15 is 0 Å². The minimum atomic E-state index is -0.374. The van der Waals surface area contributed by atoms with E-state index in [-0.39, 0.29) is 11.7 Å². The molecule has 1 amide bonds. The second-order valence-corrected chi connectivity index (χ2v) is 5.27. The molecular weight excluding hydrogens is 243 g/mol. The van der Waals surface area contributed by atoms with E-state index in [9.17, 15) is 9.18 Å². The van der Waals surface area contributed by atoms with Gasteiger partial charge in [-0.3, -0.25) is 4.79 Å². The zero-order chi connectivity index (χ0) is 13.8. The van der Waals surface area contributed by atoms with Gasteiger partial charge >= 0.3 is 0 Å². The van der Waals surface area contributed by atoms with Crippen molar-refractivity contribution in [3.05, 3.63) is 29.6 Å². The predicted octanol–water partition coefficient (Wildman–Crippen LogP) is 3.03. The number of anilines is 1. The van der Waals surface area contributed by atoms with Gasteiger partial charge in [-0.05, 0) is 36.8 Å². The summed E-state index contributed by atoms with van der Waals surface area (Å²) >= 11 is 0. The first kappa shape index (κ1) is 13.8. The van der Waals surface area contributed by atoms with E-state index < -0.39 is 0 Å². The number of nitrogens with one attached hydrogen (secondary N) is 2. The highest BCUT2D eigenvalue weighted by Crippen LogP contribution is 2.36. The van der Waals surface area contributed by atoms with Crippen molar-refractivity contribution in [3.8, 4) is 0 Å². The van der Waals surface area contributed by atoms with Crippen molar-refractivity contribution >= 4 is 11.6 Å². The topological polar surface area (TPSA) is 41.1 Å². The van der Waals surface area contributed by atoms with Crippen LogP contribution in [0.15, 0.2) is 18.2 Å². The fraction of sp³-hybridized carbons (Fsp3) is 0.533. The summed E-state index contributed by atoms with van der Waals surface area (Å²) in [4.78, 5) is 12.1. The van der Waals surface area contributed by atoms with Crippen LogP contribution in [0, 0.1) is 17.7 Å². The smallest absolute Gasteiger partial charge is 0.253 e. The molecule has 3 nitrogen and oxygen atoms in total. The van der Waals surface area contributed by atoms with E-state index in [1.54, 1.807) is 12.1 Å². The molecule has 0 spiro atoms. The average Bonchev–Trinajstić information content (AvgIpc) is 3.10. The predicted molar refractivity (Wildman–Crippen MR) is 74.8 cm³/mol. The van der Waals surface area contributed by atoms with Crippen LogP contribution in [0.2, 0.25) is 0 Å². The van der Waals surface area contributed by atoms with Crippen LogP contribution in [0.25, 0.3) is 0 Å². The maximum Gasteiger partial charge on any atom is 0.253 e. The maximum absolute atomic E-state index is 13.8. The number of para-hydroxylation sites is 1. The van der Waals surface area contributed by atoms with Gasteiger partial charge in [-0.2, -0.15) is 0 Å². The fourth-order valence-electron chi connectivity index (χ4n) is 2.15. The third-order valence-electron chi connectivity index (χ3n) is 3.61. The van der Waals surface area contributed by atoms with Crippen LogP contribution in [0.5, 0.6) is 0 Å². The first-order valence-electron chi connectivity index (χ1n) is 6.94. The molecule has 2 rings (SSSR count). The van der Waals surface area contributed by atoms with Gasteiger partial charge in [0.15, 0.2) is 0 Å². The lowest BCUT2D eigenvalue weighted by atomic mass is 10.1. The molecule has 0 saturated heterocycles. The highest BCUT2D eigenvalue weighted by molar-refractivity contribution is 5.99. The van der Waals surface area contributed by atoms with Crippen LogP contribution in [0.4, 0.5) is 10.1 Å². The lowest BCUT2D eigenvalue weighted by molar-refractivity contribution is 0.0952. The average molecular weight is 264 g/mol. The molecule has 0 aliphatic heterocycles. The zero-order valence-electron chi connectivity index (χ0n) is 11.5. The fourth-order valence-corrected chi connectivity index (χ4v) is 2.15. The summed E-state index contributed by atoms with van der Waals surface area (Å²) in [7, 11) is 0. The third-order valence-corrected chi connectivity index (χ3v) is 3.61.